The first kappa shape index (κ1) is 22.2. The molecule has 2 heterocycles. The van der Waals surface area contributed by atoms with E-state index in [1.165, 1.54) is 0 Å². The molecule has 8 heteroatoms. The largest absolute Gasteiger partial charge is 0.492 e. The summed E-state index contributed by atoms with van der Waals surface area (Å²) in [6.07, 6.45) is 4.24. The Hall–Kier alpha value is -2.60. The van der Waals surface area contributed by atoms with E-state index in [9.17, 15) is 18.8 Å². The number of piperidine rings is 1. The van der Waals surface area contributed by atoms with Gasteiger partial charge in [0.2, 0.25) is 10.0 Å². The predicted molar refractivity (Wildman–Crippen MR) is 125 cm³/mol. The van der Waals surface area contributed by atoms with Crippen LogP contribution in [0, 0.1) is 22.2 Å². The molecule has 5 rings (SSSR count). The maximum Gasteiger partial charge on any atom is 0.229 e. The van der Waals surface area contributed by atoms with Crippen LogP contribution in [0.3, 0.4) is 0 Å². The number of anilines is 1. The Morgan fingerprint density at radius 3 is 2.73 bits per heavy atom. The number of hydrogen-bond donors (Lipinski definition) is 2. The van der Waals surface area contributed by atoms with Crippen LogP contribution in [-0.4, -0.2) is 50.9 Å². The van der Waals surface area contributed by atoms with Gasteiger partial charge < -0.3 is 14.7 Å². The minimum Gasteiger partial charge on any atom is -0.492 e. The van der Waals surface area contributed by atoms with E-state index in [4.69, 9.17) is 4.74 Å². The number of nitrogens with zero attached hydrogens (tertiary/aromatic N) is 2. The summed E-state index contributed by atoms with van der Waals surface area (Å²) in [5.41, 5.74) is 2.71. The fourth-order valence-corrected chi connectivity index (χ4v) is 6.47. The number of ether oxygens (including phenoxy) is 1. The third kappa shape index (κ3) is 3.99. The smallest absolute Gasteiger partial charge is 0.229 e. The number of sulfonamides is 1. The lowest BCUT2D eigenvalue weighted by Crippen LogP contribution is -2.41. The second-order valence-corrected chi connectivity index (χ2v) is 11.5. The van der Waals surface area contributed by atoms with Gasteiger partial charge in [0.25, 0.3) is 0 Å². The van der Waals surface area contributed by atoms with Crippen molar-refractivity contribution in [2.24, 2.45) is 10.8 Å². The van der Waals surface area contributed by atoms with Crippen molar-refractivity contribution in [3.63, 3.8) is 0 Å². The van der Waals surface area contributed by atoms with Gasteiger partial charge in [-0.05, 0) is 74.0 Å². The fraction of sp³-hybridized carbons (Fsp3) is 0.480. The summed E-state index contributed by atoms with van der Waals surface area (Å²) in [4.78, 5) is 2.45. The molecule has 0 radical (unpaired) electrons. The lowest BCUT2D eigenvalue weighted by atomic mass is 9.78. The topological polar surface area (TPSA) is 103 Å². The van der Waals surface area contributed by atoms with Crippen molar-refractivity contribution in [2.45, 2.75) is 31.8 Å². The lowest BCUT2D eigenvalue weighted by molar-refractivity contribution is -0.00677. The maximum absolute atomic E-state index is 11.6. The number of benzene rings is 2. The summed E-state index contributed by atoms with van der Waals surface area (Å²) in [5, 5.41) is 20.7. The third-order valence-corrected chi connectivity index (χ3v) is 8.46. The van der Waals surface area contributed by atoms with Gasteiger partial charge in [-0.1, -0.05) is 18.2 Å². The number of nitrogens with one attached hydrogen (secondary N) is 1. The fourth-order valence-electron chi connectivity index (χ4n) is 5.91. The Bertz CT molecular complexity index is 1210. The van der Waals surface area contributed by atoms with Gasteiger partial charge in [-0.3, -0.25) is 4.72 Å². The summed E-state index contributed by atoms with van der Waals surface area (Å²) in [5.74, 6) is 0.628. The zero-order valence-electron chi connectivity index (χ0n) is 18.8. The van der Waals surface area contributed by atoms with Gasteiger partial charge in [0.05, 0.1) is 30.6 Å². The highest BCUT2D eigenvalue weighted by atomic mass is 32.2. The molecular formula is C25H29N3O4S. The summed E-state index contributed by atoms with van der Waals surface area (Å²) in [6, 6.07) is 15.2. The Morgan fingerprint density at radius 2 is 2.00 bits per heavy atom. The molecule has 174 valence electrons. The monoisotopic (exact) mass is 467 g/mol. The van der Waals surface area contributed by atoms with E-state index in [0.717, 1.165) is 62.7 Å². The van der Waals surface area contributed by atoms with Crippen molar-refractivity contribution in [3.05, 3.63) is 59.2 Å². The van der Waals surface area contributed by atoms with Crippen LogP contribution in [-0.2, 0) is 16.4 Å². The quantitative estimate of drug-likeness (QED) is 0.701. The number of aliphatic hydroxyl groups is 1. The second-order valence-electron chi connectivity index (χ2n) is 9.79. The maximum atomic E-state index is 11.6. The van der Waals surface area contributed by atoms with Gasteiger partial charge in [-0.25, -0.2) is 8.42 Å². The zero-order valence-corrected chi connectivity index (χ0v) is 19.6. The van der Waals surface area contributed by atoms with E-state index in [1.54, 1.807) is 18.2 Å². The molecule has 2 unspecified atom stereocenters. The van der Waals surface area contributed by atoms with Gasteiger partial charge in [0, 0.05) is 23.2 Å². The van der Waals surface area contributed by atoms with Crippen LogP contribution in [0.1, 0.15) is 42.1 Å². The highest BCUT2D eigenvalue weighted by molar-refractivity contribution is 7.92. The van der Waals surface area contributed by atoms with Crippen LogP contribution in [0.4, 0.5) is 5.69 Å². The van der Waals surface area contributed by atoms with Crippen LogP contribution in [0.5, 0.6) is 5.75 Å². The zero-order chi connectivity index (χ0) is 23.3. The molecule has 0 amide bonds. The molecule has 2 aromatic carbocycles. The molecule has 1 aliphatic carbocycles. The molecule has 7 nitrogen and oxygen atoms in total. The van der Waals surface area contributed by atoms with E-state index in [1.807, 2.05) is 24.3 Å². The normalized spacial score (nSPS) is 25.8. The van der Waals surface area contributed by atoms with Crippen molar-refractivity contribution in [1.29, 1.82) is 5.26 Å². The van der Waals surface area contributed by atoms with Gasteiger partial charge in [0.15, 0.2) is 0 Å². The van der Waals surface area contributed by atoms with Crippen LogP contribution < -0.4 is 9.46 Å². The molecular weight excluding hydrogens is 438 g/mol. The number of hydrogen-bond acceptors (Lipinski definition) is 6. The predicted octanol–water partition coefficient (Wildman–Crippen LogP) is 3.07. The molecule has 0 bridgehead atoms. The molecule has 2 fully saturated rings. The van der Waals surface area contributed by atoms with Crippen molar-refractivity contribution in [1.82, 2.24) is 4.90 Å². The van der Waals surface area contributed by atoms with Crippen LogP contribution >= 0.6 is 0 Å². The van der Waals surface area contributed by atoms with Gasteiger partial charge in [0.1, 0.15) is 5.75 Å². The lowest BCUT2D eigenvalue weighted by Gasteiger charge is -2.39. The molecule has 2 spiro atoms. The molecule has 1 saturated carbocycles. The third-order valence-electron chi connectivity index (χ3n) is 7.85. The minimum absolute atomic E-state index is 0.0609. The molecule has 2 aromatic rings. The average Bonchev–Trinajstić information content (AvgIpc) is 3.42. The molecule has 2 aliphatic heterocycles. The SMILES string of the molecule is CS(=O)(=O)Nc1ccc2c(c1)C(O)C1(CO2)CC12CCN(CCc1ccccc1C#N)CC2. The highest BCUT2D eigenvalue weighted by Gasteiger charge is 2.72. The summed E-state index contributed by atoms with van der Waals surface area (Å²) in [6.45, 7) is 3.34. The number of nitriles is 1. The van der Waals surface area contributed by atoms with Crippen LogP contribution in [0.15, 0.2) is 42.5 Å². The van der Waals surface area contributed by atoms with Gasteiger partial charge >= 0.3 is 0 Å². The van der Waals surface area contributed by atoms with Crippen molar-refractivity contribution in [2.75, 3.05) is 37.2 Å². The second kappa shape index (κ2) is 8.01. The standard InChI is InChI=1S/C25H29N3O4S/c1-33(30,31)27-20-6-7-22-21(14-20)23(29)25(17-32-22)16-24(25)9-12-28(13-10-24)11-8-18-4-2-3-5-19(18)15-26/h2-7,14,23,27,29H,8-13,16-17H2,1H3. The van der Waals surface area contributed by atoms with Crippen LogP contribution in [0.25, 0.3) is 0 Å². The average molecular weight is 468 g/mol. The Morgan fingerprint density at radius 1 is 1.24 bits per heavy atom. The van der Waals surface area contributed by atoms with Crippen molar-refractivity contribution >= 4 is 15.7 Å². The number of likely N-dealkylation sites (tertiary alicyclic amines) is 1. The number of aliphatic hydroxyl groups excluding tert-OH is 1. The van der Waals surface area contributed by atoms with Gasteiger partial charge in [-0.15, -0.1) is 0 Å². The van der Waals surface area contributed by atoms with E-state index >= 15 is 0 Å². The van der Waals surface area contributed by atoms with Crippen LogP contribution in [0.2, 0.25) is 0 Å². The minimum atomic E-state index is -3.39. The first-order chi connectivity index (χ1) is 15.8. The Kier molecular flexibility index (Phi) is 5.39. The molecule has 33 heavy (non-hydrogen) atoms. The van der Waals surface area contributed by atoms with Crippen molar-refractivity contribution in [3.8, 4) is 11.8 Å². The van der Waals surface area contributed by atoms with Gasteiger partial charge in [-0.2, -0.15) is 5.26 Å². The first-order valence-corrected chi connectivity index (χ1v) is 13.3. The number of rotatable bonds is 5. The molecule has 0 aromatic heterocycles. The van der Waals surface area contributed by atoms with E-state index < -0.39 is 16.1 Å². The first-order valence-electron chi connectivity index (χ1n) is 11.4. The van der Waals surface area contributed by atoms with Crippen molar-refractivity contribution < 1.29 is 18.3 Å². The summed E-state index contributed by atoms with van der Waals surface area (Å²) >= 11 is 0. The van der Waals surface area contributed by atoms with E-state index in [0.29, 0.717) is 23.6 Å². The molecule has 2 N–H and O–H groups in total. The van der Waals surface area contributed by atoms with E-state index in [2.05, 4.69) is 15.7 Å². The summed E-state index contributed by atoms with van der Waals surface area (Å²) < 4.78 is 31.8. The highest BCUT2D eigenvalue weighted by Crippen LogP contribution is 2.75. The molecule has 2 atom stereocenters. The number of fused-ring (bicyclic) bond motifs is 2. The summed E-state index contributed by atoms with van der Waals surface area (Å²) in [7, 11) is -3.39. The Labute approximate surface area is 195 Å². The van der Waals surface area contributed by atoms with E-state index in [-0.39, 0.29) is 10.8 Å². The molecule has 1 saturated heterocycles. The molecule has 3 aliphatic rings. The Balaban J connectivity index is 1.25.